The molecule has 0 aromatic heterocycles. The van der Waals surface area contributed by atoms with Gasteiger partial charge < -0.3 is 15.4 Å². The molecule has 5 heteroatoms. The van der Waals surface area contributed by atoms with E-state index in [-0.39, 0.29) is 12.1 Å². The van der Waals surface area contributed by atoms with Gasteiger partial charge in [0.05, 0.1) is 17.7 Å². The molecule has 0 saturated heterocycles. The minimum Gasteiger partial charge on any atom is -0.483 e. The lowest BCUT2D eigenvalue weighted by Crippen LogP contribution is -2.38. The van der Waals surface area contributed by atoms with Gasteiger partial charge in [-0.25, -0.2) is 4.79 Å². The number of nitrogens with one attached hydrogen (secondary N) is 2. The molecule has 2 amide bonds. The van der Waals surface area contributed by atoms with Crippen molar-refractivity contribution in [1.82, 2.24) is 10.6 Å². The first-order valence-electron chi connectivity index (χ1n) is 10.6. The lowest BCUT2D eigenvalue weighted by atomic mass is 9.96. The quantitative estimate of drug-likeness (QED) is 0.548. The Morgan fingerprint density at radius 3 is 2.56 bits per heavy atom. The van der Waals surface area contributed by atoms with Crippen LogP contribution in [-0.2, 0) is 0 Å². The van der Waals surface area contributed by atoms with Crippen LogP contribution in [0.5, 0.6) is 5.75 Å². The van der Waals surface area contributed by atoms with E-state index in [4.69, 9.17) is 10.00 Å². The fourth-order valence-electron chi connectivity index (χ4n) is 3.82. The number of fused-ring (bicyclic) bond motifs is 1. The third-order valence-corrected chi connectivity index (χ3v) is 5.57. The van der Waals surface area contributed by atoms with Crippen LogP contribution in [0.3, 0.4) is 0 Å². The maximum atomic E-state index is 12.6. The standard InChI is InChI=1S/C27H25N3O2/c1-19(24-9-5-7-21-6-3-4-8-25(21)24)29-26(31)30-22-14-16-27(2,17-15-22)32-23-12-10-20(18-28)11-13-23/h3-16,19H,17H2,1-2H3,(H2,29,30,31)/t19-,27?/m1/s1. The Kier molecular flexibility index (Phi) is 5.96. The first kappa shape index (κ1) is 21.2. The van der Waals surface area contributed by atoms with Crippen molar-refractivity contribution < 1.29 is 9.53 Å². The number of hydrogen-bond donors (Lipinski definition) is 2. The van der Waals surface area contributed by atoms with Gasteiger partial charge in [-0.15, -0.1) is 0 Å². The topological polar surface area (TPSA) is 74.2 Å². The van der Waals surface area contributed by atoms with Gasteiger partial charge in [0.1, 0.15) is 11.4 Å². The summed E-state index contributed by atoms with van der Waals surface area (Å²) in [7, 11) is 0. The van der Waals surface area contributed by atoms with Crippen molar-refractivity contribution in [2.24, 2.45) is 0 Å². The summed E-state index contributed by atoms with van der Waals surface area (Å²) in [6.07, 6.45) is 6.36. The smallest absolute Gasteiger partial charge is 0.319 e. The molecule has 2 atom stereocenters. The number of nitriles is 1. The van der Waals surface area contributed by atoms with Gasteiger partial charge in [0, 0.05) is 12.1 Å². The van der Waals surface area contributed by atoms with Crippen LogP contribution in [0.4, 0.5) is 4.79 Å². The van der Waals surface area contributed by atoms with Crippen molar-refractivity contribution in [2.45, 2.75) is 31.9 Å². The van der Waals surface area contributed by atoms with Gasteiger partial charge in [0.2, 0.25) is 0 Å². The van der Waals surface area contributed by atoms with Crippen LogP contribution in [0.1, 0.15) is 37.4 Å². The molecule has 1 unspecified atom stereocenters. The number of urea groups is 1. The zero-order valence-electron chi connectivity index (χ0n) is 18.1. The highest BCUT2D eigenvalue weighted by Gasteiger charge is 2.25. The monoisotopic (exact) mass is 423 g/mol. The summed E-state index contributed by atoms with van der Waals surface area (Å²) >= 11 is 0. The molecule has 0 aliphatic heterocycles. The van der Waals surface area contributed by atoms with Crippen molar-refractivity contribution in [3.05, 3.63) is 102 Å². The Morgan fingerprint density at radius 1 is 1.09 bits per heavy atom. The molecule has 0 bridgehead atoms. The Bertz CT molecular complexity index is 1230. The van der Waals surface area contributed by atoms with Crippen LogP contribution in [-0.4, -0.2) is 11.6 Å². The van der Waals surface area contributed by atoms with Gasteiger partial charge in [-0.1, -0.05) is 48.5 Å². The third-order valence-electron chi connectivity index (χ3n) is 5.57. The zero-order chi connectivity index (χ0) is 22.6. The Labute approximate surface area is 188 Å². The lowest BCUT2D eigenvalue weighted by molar-refractivity contribution is 0.142. The number of amides is 2. The van der Waals surface area contributed by atoms with Crippen molar-refractivity contribution in [2.75, 3.05) is 0 Å². The maximum Gasteiger partial charge on any atom is 0.319 e. The summed E-state index contributed by atoms with van der Waals surface area (Å²) in [5.74, 6) is 0.697. The van der Waals surface area contributed by atoms with Gasteiger partial charge in [0.25, 0.3) is 0 Å². The summed E-state index contributed by atoms with van der Waals surface area (Å²) in [6.45, 7) is 3.96. The Morgan fingerprint density at radius 2 is 1.84 bits per heavy atom. The van der Waals surface area contributed by atoms with Crippen LogP contribution in [0.25, 0.3) is 10.8 Å². The molecule has 3 aromatic carbocycles. The van der Waals surface area contributed by atoms with Gasteiger partial charge >= 0.3 is 6.03 Å². The molecule has 0 fully saturated rings. The van der Waals surface area contributed by atoms with E-state index in [0.29, 0.717) is 17.7 Å². The van der Waals surface area contributed by atoms with Gasteiger partial charge in [-0.05, 0) is 66.6 Å². The first-order chi connectivity index (χ1) is 15.5. The van der Waals surface area contributed by atoms with Gasteiger partial charge in [-0.2, -0.15) is 5.26 Å². The summed E-state index contributed by atoms with van der Waals surface area (Å²) in [5.41, 5.74) is 1.88. The summed E-state index contributed by atoms with van der Waals surface area (Å²) in [6, 6.07) is 23.0. The van der Waals surface area contributed by atoms with E-state index in [0.717, 1.165) is 22.0 Å². The molecule has 32 heavy (non-hydrogen) atoms. The molecule has 5 nitrogen and oxygen atoms in total. The second-order valence-electron chi connectivity index (χ2n) is 8.14. The second-order valence-corrected chi connectivity index (χ2v) is 8.14. The molecular formula is C27H25N3O2. The average molecular weight is 424 g/mol. The maximum absolute atomic E-state index is 12.6. The summed E-state index contributed by atoms with van der Waals surface area (Å²) < 4.78 is 6.09. The summed E-state index contributed by atoms with van der Waals surface area (Å²) in [5, 5.41) is 17.1. The minimum atomic E-state index is -0.522. The first-order valence-corrected chi connectivity index (χ1v) is 10.6. The van der Waals surface area contributed by atoms with Crippen LogP contribution in [0.2, 0.25) is 0 Å². The van der Waals surface area contributed by atoms with Crippen molar-refractivity contribution in [3.63, 3.8) is 0 Å². The van der Waals surface area contributed by atoms with E-state index >= 15 is 0 Å². The lowest BCUT2D eigenvalue weighted by Gasteiger charge is -2.29. The van der Waals surface area contributed by atoms with E-state index in [2.05, 4.69) is 34.9 Å². The number of hydrogen-bond acceptors (Lipinski definition) is 3. The largest absolute Gasteiger partial charge is 0.483 e. The molecule has 1 aliphatic carbocycles. The number of benzene rings is 3. The Balaban J connectivity index is 1.35. The highest BCUT2D eigenvalue weighted by molar-refractivity contribution is 5.87. The Hall–Kier alpha value is -4.04. The van der Waals surface area contributed by atoms with Crippen molar-refractivity contribution in [1.29, 1.82) is 5.26 Å². The summed E-state index contributed by atoms with van der Waals surface area (Å²) in [4.78, 5) is 12.6. The minimum absolute atomic E-state index is 0.140. The van der Waals surface area contributed by atoms with Gasteiger partial charge in [-0.3, -0.25) is 0 Å². The predicted molar refractivity (Wildman–Crippen MR) is 126 cm³/mol. The number of rotatable bonds is 5. The van der Waals surface area contributed by atoms with E-state index in [9.17, 15) is 4.79 Å². The highest BCUT2D eigenvalue weighted by atomic mass is 16.5. The van der Waals surface area contributed by atoms with Crippen LogP contribution in [0, 0.1) is 11.3 Å². The van der Waals surface area contributed by atoms with Crippen LogP contribution >= 0.6 is 0 Å². The van der Waals surface area contributed by atoms with Crippen LogP contribution in [0.15, 0.2) is 90.7 Å². The van der Waals surface area contributed by atoms with E-state index in [1.54, 1.807) is 24.3 Å². The predicted octanol–water partition coefficient (Wildman–Crippen LogP) is 5.75. The molecule has 0 saturated carbocycles. The molecule has 160 valence electrons. The number of carbonyl (C=O) groups excluding carboxylic acids is 1. The fourth-order valence-corrected chi connectivity index (χ4v) is 3.82. The number of carbonyl (C=O) groups is 1. The third kappa shape index (κ3) is 4.81. The molecule has 2 N–H and O–H groups in total. The zero-order valence-corrected chi connectivity index (χ0v) is 18.1. The van der Waals surface area contributed by atoms with E-state index < -0.39 is 5.60 Å². The molecule has 4 rings (SSSR count). The van der Waals surface area contributed by atoms with Crippen molar-refractivity contribution in [3.8, 4) is 11.8 Å². The van der Waals surface area contributed by atoms with Crippen molar-refractivity contribution >= 4 is 16.8 Å². The molecule has 3 aromatic rings. The SMILES string of the molecule is C[C@@H](NC(=O)NC1=CCC(C)(Oc2ccc(C#N)cc2)C=C1)c1cccc2ccccc12. The second kappa shape index (κ2) is 8.99. The van der Waals surface area contributed by atoms with E-state index in [1.165, 1.54) is 0 Å². The fraction of sp³-hybridized carbons (Fsp3) is 0.185. The van der Waals surface area contributed by atoms with Gasteiger partial charge in [0.15, 0.2) is 0 Å². The highest BCUT2D eigenvalue weighted by Crippen LogP contribution is 2.27. The average Bonchev–Trinajstić information content (AvgIpc) is 2.80. The number of ether oxygens (including phenoxy) is 1. The number of allylic oxidation sites excluding steroid dienone is 1. The molecule has 0 heterocycles. The molecular weight excluding hydrogens is 398 g/mol. The molecule has 0 spiro atoms. The van der Waals surface area contributed by atoms with E-state index in [1.807, 2.05) is 56.3 Å². The molecule has 1 aliphatic rings. The molecule has 0 radical (unpaired) electrons. The normalized spacial score (nSPS) is 18.3. The number of nitrogens with zero attached hydrogens (tertiary/aromatic N) is 1. The van der Waals surface area contributed by atoms with Crippen LogP contribution < -0.4 is 15.4 Å².